The van der Waals surface area contributed by atoms with E-state index in [0.29, 0.717) is 17.1 Å². The lowest BCUT2D eigenvalue weighted by molar-refractivity contribution is 0.621. The number of aromatic nitrogens is 2. The Morgan fingerprint density at radius 2 is 1.94 bits per heavy atom. The third-order valence-electron chi connectivity index (χ3n) is 2.64. The van der Waals surface area contributed by atoms with E-state index in [0.717, 1.165) is 0 Å². The summed E-state index contributed by atoms with van der Waals surface area (Å²) >= 11 is 0. The summed E-state index contributed by atoms with van der Waals surface area (Å²) in [7, 11) is 0. The van der Waals surface area contributed by atoms with Gasteiger partial charge in [0, 0.05) is 11.8 Å². The number of nitriles is 1. The maximum atomic E-state index is 13.7. The Kier molecular flexibility index (Phi) is 3.07. The van der Waals surface area contributed by atoms with Crippen LogP contribution in [0.3, 0.4) is 0 Å². The van der Waals surface area contributed by atoms with Crippen LogP contribution in [0.1, 0.15) is 19.7 Å². The molecule has 0 radical (unpaired) electrons. The normalized spacial score (nSPS) is 11.0. The second kappa shape index (κ2) is 4.53. The minimum atomic E-state index is -0.790. The second-order valence-electron chi connectivity index (χ2n) is 4.48. The number of benzene rings is 1. The number of hydrogen-bond donors (Lipinski definition) is 0. The largest absolute Gasteiger partial charge is 0.240 e. The summed E-state index contributed by atoms with van der Waals surface area (Å²) in [6.45, 7) is 3.46. The first-order valence-electron chi connectivity index (χ1n) is 5.54. The molecule has 0 bridgehead atoms. The lowest BCUT2D eigenvalue weighted by atomic mass is 9.94. The lowest BCUT2D eigenvalue weighted by Crippen LogP contribution is -2.18. The molecule has 0 atom stereocenters. The Labute approximate surface area is 105 Å². The van der Waals surface area contributed by atoms with Gasteiger partial charge >= 0.3 is 0 Å². The Bertz CT molecular complexity index is 614. The standard InChI is InChI=1S/C14H12FN3/c1-14(2,9-16)13-17-8-7-12(18-13)10-5-3-4-6-11(10)15/h3-8H,1-2H3. The molecular formula is C14H12FN3. The molecule has 0 unspecified atom stereocenters. The first kappa shape index (κ1) is 12.2. The van der Waals surface area contributed by atoms with Crippen LogP contribution in [-0.2, 0) is 5.41 Å². The lowest BCUT2D eigenvalue weighted by Gasteiger charge is -2.14. The van der Waals surface area contributed by atoms with Gasteiger partial charge in [-0.2, -0.15) is 5.26 Å². The van der Waals surface area contributed by atoms with Crippen LogP contribution < -0.4 is 0 Å². The molecule has 1 heterocycles. The Morgan fingerprint density at radius 1 is 1.22 bits per heavy atom. The Balaban J connectivity index is 2.53. The van der Waals surface area contributed by atoms with E-state index in [2.05, 4.69) is 16.0 Å². The second-order valence-corrected chi connectivity index (χ2v) is 4.48. The molecule has 0 saturated carbocycles. The van der Waals surface area contributed by atoms with Crippen LogP contribution in [0.2, 0.25) is 0 Å². The summed E-state index contributed by atoms with van der Waals surface area (Å²) in [5.74, 6) is 0.0580. The molecular weight excluding hydrogens is 229 g/mol. The number of rotatable bonds is 2. The van der Waals surface area contributed by atoms with Crippen LogP contribution in [0, 0.1) is 17.1 Å². The van der Waals surface area contributed by atoms with E-state index in [-0.39, 0.29) is 5.82 Å². The molecule has 18 heavy (non-hydrogen) atoms. The molecule has 90 valence electrons. The third kappa shape index (κ3) is 2.21. The van der Waals surface area contributed by atoms with Gasteiger partial charge in [0.2, 0.25) is 0 Å². The summed E-state index contributed by atoms with van der Waals surface area (Å²) in [4.78, 5) is 8.35. The van der Waals surface area contributed by atoms with Gasteiger partial charge in [0.1, 0.15) is 17.1 Å². The molecule has 4 heteroatoms. The van der Waals surface area contributed by atoms with Crippen molar-refractivity contribution in [3.05, 3.63) is 48.2 Å². The predicted octanol–water partition coefficient (Wildman–Crippen LogP) is 3.08. The van der Waals surface area contributed by atoms with Gasteiger partial charge in [-0.15, -0.1) is 0 Å². The molecule has 0 fully saturated rings. The monoisotopic (exact) mass is 241 g/mol. The molecule has 0 N–H and O–H groups in total. The molecule has 0 saturated heterocycles. The number of nitrogens with zero attached hydrogens (tertiary/aromatic N) is 3. The summed E-state index contributed by atoms with van der Waals surface area (Å²) in [6, 6.07) is 10.2. The Hall–Kier alpha value is -2.28. The quantitative estimate of drug-likeness (QED) is 0.811. The molecule has 3 nitrogen and oxygen atoms in total. The number of hydrogen-bond acceptors (Lipinski definition) is 3. The topological polar surface area (TPSA) is 49.6 Å². The van der Waals surface area contributed by atoms with Crippen LogP contribution in [-0.4, -0.2) is 9.97 Å². The van der Waals surface area contributed by atoms with Gasteiger partial charge in [-0.05, 0) is 32.0 Å². The highest BCUT2D eigenvalue weighted by Gasteiger charge is 2.23. The predicted molar refractivity (Wildman–Crippen MR) is 66.1 cm³/mol. The van der Waals surface area contributed by atoms with E-state index >= 15 is 0 Å². The highest BCUT2D eigenvalue weighted by Crippen LogP contribution is 2.23. The molecule has 0 spiro atoms. The maximum absolute atomic E-state index is 13.7. The average molecular weight is 241 g/mol. The summed E-state index contributed by atoms with van der Waals surface area (Å²) in [5, 5.41) is 9.06. The molecule has 0 aliphatic heterocycles. The van der Waals surface area contributed by atoms with Crippen LogP contribution in [0.15, 0.2) is 36.5 Å². The van der Waals surface area contributed by atoms with Crippen molar-refractivity contribution in [3.63, 3.8) is 0 Å². The van der Waals surface area contributed by atoms with Crippen LogP contribution in [0.25, 0.3) is 11.3 Å². The maximum Gasteiger partial charge on any atom is 0.148 e. The van der Waals surface area contributed by atoms with E-state index in [4.69, 9.17) is 5.26 Å². The fourth-order valence-electron chi connectivity index (χ4n) is 1.53. The van der Waals surface area contributed by atoms with E-state index < -0.39 is 5.41 Å². The zero-order chi connectivity index (χ0) is 13.2. The SMILES string of the molecule is CC(C)(C#N)c1nccc(-c2ccccc2F)n1. The summed E-state index contributed by atoms with van der Waals surface area (Å²) in [5.41, 5.74) is 0.109. The molecule has 2 aromatic rings. The minimum Gasteiger partial charge on any atom is -0.240 e. The van der Waals surface area contributed by atoms with Gasteiger partial charge in [-0.3, -0.25) is 0 Å². The first-order chi connectivity index (χ1) is 8.54. The molecule has 1 aromatic carbocycles. The van der Waals surface area contributed by atoms with Crippen molar-refractivity contribution in [1.82, 2.24) is 9.97 Å². The van der Waals surface area contributed by atoms with E-state index in [1.165, 1.54) is 6.07 Å². The fraction of sp³-hybridized carbons (Fsp3) is 0.214. The smallest absolute Gasteiger partial charge is 0.148 e. The molecule has 0 amide bonds. The van der Waals surface area contributed by atoms with Crippen LogP contribution in [0.4, 0.5) is 4.39 Å². The molecule has 2 rings (SSSR count). The van der Waals surface area contributed by atoms with Crippen LogP contribution >= 0.6 is 0 Å². The molecule has 0 aliphatic rings. The number of halogens is 1. The van der Waals surface area contributed by atoms with Gasteiger partial charge in [0.15, 0.2) is 0 Å². The van der Waals surface area contributed by atoms with E-state index in [1.807, 2.05) is 0 Å². The summed E-state index contributed by atoms with van der Waals surface area (Å²) < 4.78 is 13.7. The highest BCUT2D eigenvalue weighted by molar-refractivity contribution is 5.59. The van der Waals surface area contributed by atoms with Gasteiger partial charge in [-0.1, -0.05) is 12.1 Å². The molecule has 1 aromatic heterocycles. The highest BCUT2D eigenvalue weighted by atomic mass is 19.1. The van der Waals surface area contributed by atoms with Crippen molar-refractivity contribution in [1.29, 1.82) is 5.26 Å². The molecule has 0 aliphatic carbocycles. The van der Waals surface area contributed by atoms with Crippen molar-refractivity contribution in [3.8, 4) is 17.3 Å². The average Bonchev–Trinajstić information content (AvgIpc) is 2.39. The summed E-state index contributed by atoms with van der Waals surface area (Å²) in [6.07, 6.45) is 1.54. The third-order valence-corrected chi connectivity index (χ3v) is 2.64. The van der Waals surface area contributed by atoms with Gasteiger partial charge < -0.3 is 0 Å². The van der Waals surface area contributed by atoms with E-state index in [9.17, 15) is 4.39 Å². The minimum absolute atomic E-state index is 0.336. The van der Waals surface area contributed by atoms with Crippen molar-refractivity contribution in [2.45, 2.75) is 19.3 Å². The van der Waals surface area contributed by atoms with E-state index in [1.54, 1.807) is 44.3 Å². The van der Waals surface area contributed by atoms with Crippen molar-refractivity contribution >= 4 is 0 Å². The van der Waals surface area contributed by atoms with Gasteiger partial charge in [-0.25, -0.2) is 14.4 Å². The fourth-order valence-corrected chi connectivity index (χ4v) is 1.53. The van der Waals surface area contributed by atoms with Crippen molar-refractivity contribution < 1.29 is 4.39 Å². The van der Waals surface area contributed by atoms with Crippen LogP contribution in [0.5, 0.6) is 0 Å². The Morgan fingerprint density at radius 3 is 2.61 bits per heavy atom. The van der Waals surface area contributed by atoms with Gasteiger partial charge in [0.05, 0.1) is 11.8 Å². The zero-order valence-electron chi connectivity index (χ0n) is 10.2. The van der Waals surface area contributed by atoms with Gasteiger partial charge in [0.25, 0.3) is 0 Å². The zero-order valence-corrected chi connectivity index (χ0v) is 10.2. The van der Waals surface area contributed by atoms with Crippen molar-refractivity contribution in [2.75, 3.05) is 0 Å². The first-order valence-corrected chi connectivity index (χ1v) is 5.54. The van der Waals surface area contributed by atoms with Crippen molar-refractivity contribution in [2.24, 2.45) is 0 Å².